The van der Waals surface area contributed by atoms with Crippen LogP contribution in [0.3, 0.4) is 0 Å². The molecular formula is C13H15NO2. The Balaban J connectivity index is 1.87. The molecule has 0 aliphatic carbocycles. The minimum Gasteiger partial charge on any atom is -0.456 e. The third-order valence-electron chi connectivity index (χ3n) is 2.62. The van der Waals surface area contributed by atoms with Crippen LogP contribution in [0, 0.1) is 0 Å². The van der Waals surface area contributed by atoms with E-state index in [0.717, 1.165) is 18.4 Å². The van der Waals surface area contributed by atoms with E-state index in [-0.39, 0.29) is 12.0 Å². The van der Waals surface area contributed by atoms with E-state index in [1.807, 2.05) is 37.3 Å². The Kier molecular flexibility index (Phi) is 3.34. The predicted octanol–water partition coefficient (Wildman–Crippen LogP) is 2.35. The average molecular weight is 217 g/mol. The molecule has 0 aromatic heterocycles. The molecule has 0 bridgehead atoms. The van der Waals surface area contributed by atoms with Crippen molar-refractivity contribution in [2.45, 2.75) is 32.4 Å². The van der Waals surface area contributed by atoms with Gasteiger partial charge in [-0.05, 0) is 25.3 Å². The first-order valence-corrected chi connectivity index (χ1v) is 5.53. The fourth-order valence-electron chi connectivity index (χ4n) is 1.70. The van der Waals surface area contributed by atoms with Crippen LogP contribution >= 0.6 is 0 Å². The maximum absolute atomic E-state index is 11.6. The average Bonchev–Trinajstić information content (AvgIpc) is 2.74. The molecule has 3 nitrogen and oxygen atoms in total. The van der Waals surface area contributed by atoms with Crippen molar-refractivity contribution in [3.05, 3.63) is 35.9 Å². The van der Waals surface area contributed by atoms with Gasteiger partial charge in [0.15, 0.2) is 0 Å². The summed E-state index contributed by atoms with van der Waals surface area (Å²) in [6, 6.07) is 9.93. The second-order valence-corrected chi connectivity index (χ2v) is 4.03. The molecule has 0 N–H and O–H groups in total. The maximum atomic E-state index is 11.6. The van der Waals surface area contributed by atoms with Crippen LogP contribution < -0.4 is 0 Å². The Morgan fingerprint density at radius 3 is 2.81 bits per heavy atom. The standard InChI is InChI=1S/C13H15NO2/c1-10-7-8-12(14-10)13(15)16-9-11-5-3-2-4-6-11/h2-6,10H,7-9H2,1H3. The lowest BCUT2D eigenvalue weighted by Crippen LogP contribution is -2.15. The zero-order valence-electron chi connectivity index (χ0n) is 9.35. The van der Waals surface area contributed by atoms with Crippen molar-refractivity contribution >= 4 is 11.7 Å². The Bertz CT molecular complexity index is 398. The Morgan fingerprint density at radius 2 is 2.19 bits per heavy atom. The quantitative estimate of drug-likeness (QED) is 0.729. The highest BCUT2D eigenvalue weighted by Crippen LogP contribution is 2.13. The maximum Gasteiger partial charge on any atom is 0.352 e. The molecule has 2 rings (SSSR count). The molecule has 1 heterocycles. The van der Waals surface area contributed by atoms with Gasteiger partial charge in [0.25, 0.3) is 0 Å². The molecule has 84 valence electrons. The molecule has 1 aliphatic heterocycles. The molecule has 0 saturated carbocycles. The summed E-state index contributed by atoms with van der Waals surface area (Å²) in [5.74, 6) is -0.270. The Hall–Kier alpha value is -1.64. The topological polar surface area (TPSA) is 38.7 Å². The van der Waals surface area contributed by atoms with Crippen molar-refractivity contribution in [1.82, 2.24) is 0 Å². The lowest BCUT2D eigenvalue weighted by molar-refractivity contribution is -0.136. The number of benzene rings is 1. The highest BCUT2D eigenvalue weighted by Gasteiger charge is 2.20. The highest BCUT2D eigenvalue weighted by molar-refractivity contribution is 6.36. The summed E-state index contributed by atoms with van der Waals surface area (Å²) in [6.07, 6.45) is 1.70. The van der Waals surface area contributed by atoms with Gasteiger partial charge in [0, 0.05) is 6.04 Å². The monoisotopic (exact) mass is 217 g/mol. The zero-order valence-corrected chi connectivity index (χ0v) is 9.35. The number of hydrogen-bond acceptors (Lipinski definition) is 3. The number of carbonyl (C=O) groups excluding carboxylic acids is 1. The van der Waals surface area contributed by atoms with Crippen LogP contribution in [0.1, 0.15) is 25.3 Å². The van der Waals surface area contributed by atoms with Crippen LogP contribution in [0.2, 0.25) is 0 Å². The summed E-state index contributed by atoms with van der Waals surface area (Å²) in [5.41, 5.74) is 1.59. The van der Waals surface area contributed by atoms with E-state index in [4.69, 9.17) is 4.74 Å². The third-order valence-corrected chi connectivity index (χ3v) is 2.62. The number of esters is 1. The molecule has 0 saturated heterocycles. The predicted molar refractivity (Wildman–Crippen MR) is 62.4 cm³/mol. The van der Waals surface area contributed by atoms with E-state index in [0.29, 0.717) is 12.3 Å². The van der Waals surface area contributed by atoms with Gasteiger partial charge in [-0.15, -0.1) is 0 Å². The van der Waals surface area contributed by atoms with E-state index in [1.54, 1.807) is 0 Å². The molecule has 3 heteroatoms. The van der Waals surface area contributed by atoms with Crippen LogP contribution in [-0.4, -0.2) is 17.7 Å². The van der Waals surface area contributed by atoms with Gasteiger partial charge < -0.3 is 4.74 Å². The van der Waals surface area contributed by atoms with Crippen LogP contribution in [0.15, 0.2) is 35.3 Å². The third kappa shape index (κ3) is 2.69. The molecule has 1 aliphatic rings. The Morgan fingerprint density at radius 1 is 1.44 bits per heavy atom. The molecule has 16 heavy (non-hydrogen) atoms. The number of rotatable bonds is 3. The van der Waals surface area contributed by atoms with Crippen molar-refractivity contribution in [3.63, 3.8) is 0 Å². The van der Waals surface area contributed by atoms with Gasteiger partial charge in [0.2, 0.25) is 0 Å². The van der Waals surface area contributed by atoms with Crippen molar-refractivity contribution in [1.29, 1.82) is 0 Å². The Labute approximate surface area is 95.2 Å². The number of carbonyl (C=O) groups is 1. The number of hydrogen-bond donors (Lipinski definition) is 0. The summed E-state index contributed by atoms with van der Waals surface area (Å²) in [7, 11) is 0. The van der Waals surface area contributed by atoms with Crippen molar-refractivity contribution in [2.75, 3.05) is 0 Å². The van der Waals surface area contributed by atoms with Crippen LogP contribution in [0.25, 0.3) is 0 Å². The summed E-state index contributed by atoms with van der Waals surface area (Å²) in [5, 5.41) is 0. The molecule has 1 atom stereocenters. The van der Waals surface area contributed by atoms with E-state index < -0.39 is 0 Å². The fourth-order valence-corrected chi connectivity index (χ4v) is 1.70. The summed E-state index contributed by atoms with van der Waals surface area (Å²) in [6.45, 7) is 2.34. The summed E-state index contributed by atoms with van der Waals surface area (Å²) < 4.78 is 5.19. The molecule has 1 unspecified atom stereocenters. The van der Waals surface area contributed by atoms with E-state index in [9.17, 15) is 4.79 Å². The van der Waals surface area contributed by atoms with Crippen LogP contribution in [0.5, 0.6) is 0 Å². The van der Waals surface area contributed by atoms with E-state index in [1.165, 1.54) is 0 Å². The summed E-state index contributed by atoms with van der Waals surface area (Å²) in [4.78, 5) is 15.9. The second kappa shape index (κ2) is 4.92. The zero-order chi connectivity index (χ0) is 11.4. The minimum absolute atomic E-state index is 0.263. The first kappa shape index (κ1) is 10.9. The number of nitrogens with zero attached hydrogens (tertiary/aromatic N) is 1. The van der Waals surface area contributed by atoms with E-state index >= 15 is 0 Å². The molecule has 0 amide bonds. The largest absolute Gasteiger partial charge is 0.456 e. The second-order valence-electron chi connectivity index (χ2n) is 4.03. The van der Waals surface area contributed by atoms with Gasteiger partial charge in [-0.1, -0.05) is 30.3 Å². The lowest BCUT2D eigenvalue weighted by atomic mass is 10.2. The molecule has 1 aromatic rings. The highest BCUT2D eigenvalue weighted by atomic mass is 16.5. The van der Waals surface area contributed by atoms with Gasteiger partial charge in [-0.25, -0.2) is 4.79 Å². The number of ether oxygens (including phenoxy) is 1. The molecule has 1 aromatic carbocycles. The van der Waals surface area contributed by atoms with Crippen molar-refractivity contribution in [2.24, 2.45) is 4.99 Å². The smallest absolute Gasteiger partial charge is 0.352 e. The molecule has 0 fully saturated rings. The number of aliphatic imine (C=N–C) groups is 1. The van der Waals surface area contributed by atoms with Crippen LogP contribution in [-0.2, 0) is 16.1 Å². The van der Waals surface area contributed by atoms with Gasteiger partial charge >= 0.3 is 5.97 Å². The summed E-state index contributed by atoms with van der Waals surface area (Å²) >= 11 is 0. The van der Waals surface area contributed by atoms with Gasteiger partial charge in [0.05, 0.1) is 0 Å². The van der Waals surface area contributed by atoms with Gasteiger partial charge in [0.1, 0.15) is 12.3 Å². The van der Waals surface area contributed by atoms with Gasteiger partial charge in [-0.2, -0.15) is 0 Å². The molecule has 0 spiro atoms. The molecular weight excluding hydrogens is 202 g/mol. The molecule has 0 radical (unpaired) electrons. The fraction of sp³-hybridized carbons (Fsp3) is 0.385. The van der Waals surface area contributed by atoms with Crippen molar-refractivity contribution < 1.29 is 9.53 Å². The van der Waals surface area contributed by atoms with Crippen molar-refractivity contribution in [3.8, 4) is 0 Å². The minimum atomic E-state index is -0.270. The van der Waals surface area contributed by atoms with Crippen LogP contribution in [0.4, 0.5) is 0 Å². The SMILES string of the molecule is CC1CCC(C(=O)OCc2ccccc2)=N1. The first-order chi connectivity index (χ1) is 7.75. The van der Waals surface area contributed by atoms with E-state index in [2.05, 4.69) is 4.99 Å². The first-order valence-electron chi connectivity index (χ1n) is 5.53. The lowest BCUT2D eigenvalue weighted by Gasteiger charge is -2.03. The van der Waals surface area contributed by atoms with Gasteiger partial charge in [-0.3, -0.25) is 4.99 Å². The normalized spacial score (nSPS) is 19.3.